The first-order valence-electron chi connectivity index (χ1n) is 8.92. The molecule has 0 unspecified atom stereocenters. The summed E-state index contributed by atoms with van der Waals surface area (Å²) in [6.07, 6.45) is 1.78. The number of aryl methyl sites for hydroxylation is 1. The van der Waals surface area contributed by atoms with Crippen LogP contribution in [0.4, 0.5) is 0 Å². The lowest BCUT2D eigenvalue weighted by atomic mass is 9.86. The maximum Gasteiger partial charge on any atom is 0.0799 e. The van der Waals surface area contributed by atoms with Crippen LogP contribution in [-0.2, 0) is 5.41 Å². The molecule has 1 nitrogen and oxygen atoms in total. The third kappa shape index (κ3) is 3.62. The summed E-state index contributed by atoms with van der Waals surface area (Å²) in [5.41, 5.74) is 3.41. The molecule has 0 aliphatic heterocycles. The minimum Gasteiger partial charge on any atom is -0.256 e. The molecule has 1 aromatic carbocycles. The highest BCUT2D eigenvalue weighted by atomic mass is 28.3. The van der Waals surface area contributed by atoms with Gasteiger partial charge >= 0.3 is 0 Å². The summed E-state index contributed by atoms with van der Waals surface area (Å²) in [5.74, 6) is 0. The van der Waals surface area contributed by atoms with E-state index in [1.54, 1.807) is 12.3 Å². The summed E-state index contributed by atoms with van der Waals surface area (Å²) in [7, 11) is -1.77. The van der Waals surface area contributed by atoms with Crippen LogP contribution < -0.4 is 5.19 Å². The Morgan fingerprint density at radius 1 is 1.10 bits per heavy atom. The fourth-order valence-electron chi connectivity index (χ4n) is 2.36. The Bertz CT molecular complexity index is 737. The van der Waals surface area contributed by atoms with Gasteiger partial charge in [0.05, 0.1) is 13.8 Å². The molecular weight excluding hydrogens is 270 g/mol. The highest BCUT2D eigenvalue weighted by Gasteiger charge is 2.20. The molecule has 2 aromatic rings. The fourth-order valence-corrected chi connectivity index (χ4v) is 3.69. The van der Waals surface area contributed by atoms with E-state index < -0.39 is 14.9 Å². The van der Waals surface area contributed by atoms with E-state index in [1.165, 1.54) is 5.56 Å². The average molecular weight is 301 g/mol. The number of hydrogen-bond donors (Lipinski definition) is 0. The van der Waals surface area contributed by atoms with E-state index in [1.807, 2.05) is 12.1 Å². The zero-order valence-corrected chi connectivity index (χ0v) is 14.9. The molecule has 0 aliphatic rings. The molecule has 0 radical (unpaired) electrons. The quantitative estimate of drug-likeness (QED) is 0.719. The summed E-state index contributed by atoms with van der Waals surface area (Å²) in [4.78, 5) is 4.60. The molecule has 0 saturated carbocycles. The van der Waals surface area contributed by atoms with Crippen LogP contribution in [0.25, 0.3) is 11.3 Å². The molecule has 0 fully saturated rings. The highest BCUT2D eigenvalue weighted by Crippen LogP contribution is 2.27. The Balaban J connectivity index is 2.62. The molecule has 0 aliphatic carbocycles. The second kappa shape index (κ2) is 5.41. The molecule has 0 atom stereocenters. The molecule has 2 heteroatoms. The third-order valence-corrected chi connectivity index (χ3v) is 5.75. The molecule has 0 spiro atoms. The molecule has 0 bridgehead atoms. The van der Waals surface area contributed by atoms with Crippen LogP contribution in [0.1, 0.15) is 36.0 Å². The summed E-state index contributed by atoms with van der Waals surface area (Å²) >= 11 is 0. The molecule has 1 aromatic heterocycles. The third-order valence-electron chi connectivity index (χ3n) is 3.74. The van der Waals surface area contributed by atoms with Gasteiger partial charge in [-0.1, -0.05) is 58.6 Å². The molecule has 0 amide bonds. The van der Waals surface area contributed by atoms with Crippen molar-refractivity contribution in [1.82, 2.24) is 4.98 Å². The van der Waals surface area contributed by atoms with E-state index in [-0.39, 0.29) is 5.41 Å². The van der Waals surface area contributed by atoms with Crippen LogP contribution in [0.5, 0.6) is 0 Å². The second-order valence-corrected chi connectivity index (χ2v) is 12.7. The van der Waals surface area contributed by atoms with Gasteiger partial charge in [0.15, 0.2) is 0 Å². The van der Waals surface area contributed by atoms with Crippen molar-refractivity contribution in [3.05, 3.63) is 47.7 Å². The van der Waals surface area contributed by atoms with Gasteiger partial charge in [-0.25, -0.2) is 0 Å². The van der Waals surface area contributed by atoms with Crippen molar-refractivity contribution < 1.29 is 4.11 Å². The van der Waals surface area contributed by atoms with Crippen LogP contribution in [0.3, 0.4) is 0 Å². The highest BCUT2D eigenvalue weighted by molar-refractivity contribution is 6.89. The van der Waals surface area contributed by atoms with Gasteiger partial charge in [0.1, 0.15) is 0 Å². The standard InChI is InChI=1S/C19H27NSi/c1-14-11-17(20-13-18(14)21(5,6)7)15-9-8-10-16(12-15)19(2,3)4/h8-13H,1-7H3/i1D3. The van der Waals surface area contributed by atoms with E-state index in [9.17, 15) is 0 Å². The smallest absolute Gasteiger partial charge is 0.0799 e. The number of aromatic nitrogens is 1. The second-order valence-electron chi connectivity index (χ2n) is 7.70. The van der Waals surface area contributed by atoms with Crippen molar-refractivity contribution in [3.63, 3.8) is 0 Å². The van der Waals surface area contributed by atoms with Crippen LogP contribution in [0, 0.1) is 6.85 Å². The lowest BCUT2D eigenvalue weighted by Gasteiger charge is -2.21. The van der Waals surface area contributed by atoms with Crippen molar-refractivity contribution in [2.75, 3.05) is 0 Å². The lowest BCUT2D eigenvalue weighted by Crippen LogP contribution is -2.39. The number of rotatable bonds is 2. The molecule has 21 heavy (non-hydrogen) atoms. The molecular formula is C19H27NSi. The zero-order chi connectivity index (χ0) is 18.3. The first-order chi connectivity index (χ1) is 10.8. The number of pyridine rings is 1. The molecule has 2 rings (SSSR count). The Labute approximate surface area is 134 Å². The van der Waals surface area contributed by atoms with Crippen LogP contribution in [0.15, 0.2) is 36.5 Å². The Morgan fingerprint density at radius 3 is 2.38 bits per heavy atom. The maximum atomic E-state index is 7.92. The lowest BCUT2D eigenvalue weighted by molar-refractivity contribution is 0.590. The van der Waals surface area contributed by atoms with Crippen molar-refractivity contribution in [1.29, 1.82) is 0 Å². The summed E-state index contributed by atoms with van der Waals surface area (Å²) in [6, 6.07) is 9.99. The van der Waals surface area contributed by atoms with Gasteiger partial charge in [0, 0.05) is 15.9 Å². The molecule has 0 N–H and O–H groups in total. The summed E-state index contributed by atoms with van der Waals surface area (Å²) in [6.45, 7) is 10.8. The minimum atomic E-state index is -2.12. The summed E-state index contributed by atoms with van der Waals surface area (Å²) in [5, 5.41) is 0.915. The first-order valence-corrected chi connectivity index (χ1v) is 10.9. The van der Waals surface area contributed by atoms with Crippen LogP contribution >= 0.6 is 0 Å². The van der Waals surface area contributed by atoms with Crippen molar-refractivity contribution in [2.45, 2.75) is 52.7 Å². The Kier molecular flexibility index (Phi) is 3.14. The topological polar surface area (TPSA) is 12.9 Å². The van der Waals surface area contributed by atoms with Crippen LogP contribution in [-0.4, -0.2) is 13.1 Å². The van der Waals surface area contributed by atoms with Crippen molar-refractivity contribution in [3.8, 4) is 11.3 Å². The predicted molar refractivity (Wildman–Crippen MR) is 96.1 cm³/mol. The van der Waals surface area contributed by atoms with Gasteiger partial charge in [-0.2, -0.15) is 0 Å². The number of hydrogen-bond acceptors (Lipinski definition) is 1. The van der Waals surface area contributed by atoms with Gasteiger partial charge in [0.2, 0.25) is 0 Å². The van der Waals surface area contributed by atoms with Gasteiger partial charge < -0.3 is 0 Å². The van der Waals surface area contributed by atoms with Gasteiger partial charge in [-0.15, -0.1) is 0 Å². The summed E-state index contributed by atoms with van der Waals surface area (Å²) < 4.78 is 23.8. The van der Waals surface area contributed by atoms with Gasteiger partial charge in [-0.3, -0.25) is 4.98 Å². The number of nitrogens with zero attached hydrogens (tertiary/aromatic N) is 1. The van der Waals surface area contributed by atoms with E-state index in [0.717, 1.165) is 16.4 Å². The largest absolute Gasteiger partial charge is 0.256 e. The fraction of sp³-hybridized carbons (Fsp3) is 0.421. The molecule has 0 saturated heterocycles. The maximum absolute atomic E-state index is 7.92. The predicted octanol–water partition coefficient (Wildman–Crippen LogP) is 4.90. The molecule has 112 valence electrons. The van der Waals surface area contributed by atoms with E-state index in [4.69, 9.17) is 4.11 Å². The van der Waals surface area contributed by atoms with E-state index in [2.05, 4.69) is 57.5 Å². The van der Waals surface area contributed by atoms with E-state index >= 15 is 0 Å². The number of benzene rings is 1. The Morgan fingerprint density at radius 2 is 1.81 bits per heavy atom. The SMILES string of the molecule is [2H]C([2H])([2H])c1cc(-c2cccc(C(C)(C)C)c2)ncc1[Si](C)(C)C. The van der Waals surface area contributed by atoms with E-state index in [0.29, 0.717) is 5.56 Å². The normalized spacial score (nSPS) is 15.2. The van der Waals surface area contributed by atoms with Crippen LogP contribution in [0.2, 0.25) is 19.6 Å². The molecule has 1 heterocycles. The van der Waals surface area contributed by atoms with Crippen molar-refractivity contribution in [2.24, 2.45) is 0 Å². The first kappa shape index (κ1) is 12.2. The van der Waals surface area contributed by atoms with Gasteiger partial charge in [-0.05, 0) is 40.7 Å². The minimum absolute atomic E-state index is 0.0428. The zero-order valence-electron chi connectivity index (χ0n) is 16.9. The monoisotopic (exact) mass is 300 g/mol. The average Bonchev–Trinajstić information content (AvgIpc) is 2.44. The Hall–Kier alpha value is -1.41. The van der Waals surface area contributed by atoms with Crippen molar-refractivity contribution >= 4 is 13.3 Å². The van der Waals surface area contributed by atoms with Gasteiger partial charge in [0.25, 0.3) is 0 Å².